The third kappa shape index (κ3) is 4.41. The highest BCUT2D eigenvalue weighted by atomic mass is 15.1. The van der Waals surface area contributed by atoms with Crippen LogP contribution < -0.4 is 5.32 Å². The van der Waals surface area contributed by atoms with Crippen LogP contribution in [0.3, 0.4) is 0 Å². The van der Waals surface area contributed by atoms with Gasteiger partial charge < -0.3 is 5.32 Å². The molecular weight excluding hydrogens is 212 g/mol. The molecule has 0 radical (unpaired) electrons. The van der Waals surface area contributed by atoms with E-state index >= 15 is 0 Å². The van der Waals surface area contributed by atoms with Crippen LogP contribution in [0.15, 0.2) is 18.3 Å². The second-order valence-corrected chi connectivity index (χ2v) is 4.27. The van der Waals surface area contributed by atoms with Gasteiger partial charge in [-0.05, 0) is 31.5 Å². The van der Waals surface area contributed by atoms with Crippen LogP contribution in [0.2, 0.25) is 0 Å². The van der Waals surface area contributed by atoms with E-state index in [1.807, 2.05) is 25.4 Å². The number of pyridine rings is 1. The third-order valence-corrected chi connectivity index (χ3v) is 2.71. The fraction of sp³-hybridized carbons (Fsp3) is 0.538. The highest BCUT2D eigenvalue weighted by Crippen LogP contribution is 2.11. The molecule has 0 amide bonds. The van der Waals surface area contributed by atoms with E-state index in [0.29, 0.717) is 12.5 Å². The van der Waals surface area contributed by atoms with Gasteiger partial charge in [0.05, 0.1) is 6.07 Å². The summed E-state index contributed by atoms with van der Waals surface area (Å²) in [7, 11) is 1.86. The van der Waals surface area contributed by atoms with Crippen molar-refractivity contribution >= 4 is 5.82 Å². The molecule has 4 heteroatoms. The lowest BCUT2D eigenvalue weighted by molar-refractivity contribution is 0.218. The van der Waals surface area contributed by atoms with Gasteiger partial charge in [-0.3, -0.25) is 4.90 Å². The van der Waals surface area contributed by atoms with E-state index in [4.69, 9.17) is 5.26 Å². The van der Waals surface area contributed by atoms with Crippen molar-refractivity contribution in [3.63, 3.8) is 0 Å². The van der Waals surface area contributed by atoms with Gasteiger partial charge in [0.2, 0.25) is 0 Å². The van der Waals surface area contributed by atoms with Crippen LogP contribution in [0.1, 0.15) is 25.8 Å². The molecule has 1 aromatic rings. The summed E-state index contributed by atoms with van der Waals surface area (Å²) >= 11 is 0. The SMILES string of the molecule is CNc1cc(CN(CCC#N)C(C)C)ccn1. The lowest BCUT2D eigenvalue weighted by atomic mass is 10.2. The maximum Gasteiger partial charge on any atom is 0.125 e. The molecule has 1 rings (SSSR count). The van der Waals surface area contributed by atoms with Gasteiger partial charge in [0.25, 0.3) is 0 Å². The van der Waals surface area contributed by atoms with Crippen molar-refractivity contribution in [3.8, 4) is 6.07 Å². The lowest BCUT2D eigenvalue weighted by Crippen LogP contribution is -2.31. The number of anilines is 1. The summed E-state index contributed by atoms with van der Waals surface area (Å²) in [4.78, 5) is 6.48. The number of hydrogen-bond donors (Lipinski definition) is 1. The molecule has 0 fully saturated rings. The molecular formula is C13H20N4. The summed E-state index contributed by atoms with van der Waals surface area (Å²) in [6.07, 6.45) is 2.38. The van der Waals surface area contributed by atoms with E-state index in [9.17, 15) is 0 Å². The topological polar surface area (TPSA) is 52.0 Å². The summed E-state index contributed by atoms with van der Waals surface area (Å²) in [5.74, 6) is 0.881. The van der Waals surface area contributed by atoms with Gasteiger partial charge in [0, 0.05) is 38.8 Å². The number of nitriles is 1. The first-order chi connectivity index (χ1) is 8.17. The highest BCUT2D eigenvalue weighted by Gasteiger charge is 2.09. The van der Waals surface area contributed by atoms with E-state index in [-0.39, 0.29) is 0 Å². The van der Waals surface area contributed by atoms with Gasteiger partial charge in [-0.2, -0.15) is 5.26 Å². The Morgan fingerprint density at radius 2 is 2.29 bits per heavy atom. The van der Waals surface area contributed by atoms with E-state index in [2.05, 4.69) is 35.1 Å². The van der Waals surface area contributed by atoms with Crippen molar-refractivity contribution in [2.24, 2.45) is 0 Å². The van der Waals surface area contributed by atoms with E-state index in [0.717, 1.165) is 18.9 Å². The maximum absolute atomic E-state index is 8.65. The predicted molar refractivity (Wildman–Crippen MR) is 69.6 cm³/mol. The molecule has 0 unspecified atom stereocenters. The minimum absolute atomic E-state index is 0.439. The monoisotopic (exact) mass is 232 g/mol. The third-order valence-electron chi connectivity index (χ3n) is 2.71. The summed E-state index contributed by atoms with van der Waals surface area (Å²) in [5, 5.41) is 11.7. The van der Waals surface area contributed by atoms with Crippen LogP contribution in [0.5, 0.6) is 0 Å². The smallest absolute Gasteiger partial charge is 0.125 e. The van der Waals surface area contributed by atoms with Crippen LogP contribution in [0, 0.1) is 11.3 Å². The molecule has 0 saturated carbocycles. The van der Waals surface area contributed by atoms with Crippen molar-refractivity contribution in [3.05, 3.63) is 23.9 Å². The van der Waals surface area contributed by atoms with Crippen LogP contribution in [0.25, 0.3) is 0 Å². The first kappa shape index (κ1) is 13.5. The van der Waals surface area contributed by atoms with Gasteiger partial charge in [0.1, 0.15) is 5.82 Å². The average Bonchev–Trinajstić information content (AvgIpc) is 2.34. The van der Waals surface area contributed by atoms with Crippen molar-refractivity contribution in [1.82, 2.24) is 9.88 Å². The fourth-order valence-electron chi connectivity index (χ4n) is 1.66. The highest BCUT2D eigenvalue weighted by molar-refractivity contribution is 5.36. The Morgan fingerprint density at radius 1 is 1.53 bits per heavy atom. The quantitative estimate of drug-likeness (QED) is 0.817. The standard InChI is InChI=1S/C13H20N4/c1-11(2)17(8-4-6-14)10-12-5-7-16-13(9-12)15-3/h5,7,9,11H,4,8,10H2,1-3H3,(H,15,16). The van der Waals surface area contributed by atoms with Gasteiger partial charge >= 0.3 is 0 Å². The van der Waals surface area contributed by atoms with Crippen LogP contribution >= 0.6 is 0 Å². The summed E-state index contributed by atoms with van der Waals surface area (Å²) in [6.45, 7) is 5.97. The van der Waals surface area contributed by atoms with Gasteiger partial charge in [-0.1, -0.05) is 0 Å². The van der Waals surface area contributed by atoms with Crippen LogP contribution in [-0.2, 0) is 6.54 Å². The van der Waals surface area contributed by atoms with E-state index < -0.39 is 0 Å². The summed E-state index contributed by atoms with van der Waals surface area (Å²) < 4.78 is 0. The van der Waals surface area contributed by atoms with Gasteiger partial charge in [-0.15, -0.1) is 0 Å². The minimum atomic E-state index is 0.439. The Hall–Kier alpha value is -1.60. The molecule has 0 atom stereocenters. The number of nitrogens with zero attached hydrogens (tertiary/aromatic N) is 3. The summed E-state index contributed by atoms with van der Waals surface area (Å²) in [6, 6.07) is 6.69. The Labute approximate surface area is 103 Å². The molecule has 92 valence electrons. The molecule has 1 N–H and O–H groups in total. The Bertz CT molecular complexity index is 381. The van der Waals surface area contributed by atoms with Crippen LogP contribution in [0.4, 0.5) is 5.82 Å². The molecule has 0 aliphatic rings. The van der Waals surface area contributed by atoms with Crippen molar-refractivity contribution in [1.29, 1.82) is 5.26 Å². The molecule has 0 aliphatic carbocycles. The van der Waals surface area contributed by atoms with Gasteiger partial charge in [0.15, 0.2) is 0 Å². The first-order valence-electron chi connectivity index (χ1n) is 5.91. The fourth-order valence-corrected chi connectivity index (χ4v) is 1.66. The average molecular weight is 232 g/mol. The minimum Gasteiger partial charge on any atom is -0.373 e. The van der Waals surface area contributed by atoms with Crippen molar-refractivity contribution in [2.45, 2.75) is 32.9 Å². The van der Waals surface area contributed by atoms with Crippen molar-refractivity contribution < 1.29 is 0 Å². The number of hydrogen-bond acceptors (Lipinski definition) is 4. The molecule has 0 bridgehead atoms. The molecule has 1 heterocycles. The Kier molecular flexibility index (Phi) is 5.44. The van der Waals surface area contributed by atoms with Gasteiger partial charge in [-0.25, -0.2) is 4.98 Å². The van der Waals surface area contributed by atoms with E-state index in [1.54, 1.807) is 0 Å². The number of nitrogens with one attached hydrogen (secondary N) is 1. The molecule has 0 aromatic carbocycles. The Balaban J connectivity index is 2.68. The second kappa shape index (κ2) is 6.87. The predicted octanol–water partition coefficient (Wildman–Crippen LogP) is 2.25. The maximum atomic E-state index is 8.65. The number of aromatic nitrogens is 1. The zero-order valence-electron chi connectivity index (χ0n) is 10.8. The Morgan fingerprint density at radius 3 is 2.88 bits per heavy atom. The van der Waals surface area contributed by atoms with Crippen LogP contribution in [-0.4, -0.2) is 29.5 Å². The number of rotatable bonds is 6. The normalized spacial score (nSPS) is 10.6. The van der Waals surface area contributed by atoms with Crippen molar-refractivity contribution in [2.75, 3.05) is 18.9 Å². The zero-order valence-corrected chi connectivity index (χ0v) is 10.8. The zero-order chi connectivity index (χ0) is 12.7. The first-order valence-corrected chi connectivity index (χ1v) is 5.91. The molecule has 0 aliphatic heterocycles. The molecule has 4 nitrogen and oxygen atoms in total. The summed E-state index contributed by atoms with van der Waals surface area (Å²) in [5.41, 5.74) is 1.22. The molecule has 1 aromatic heterocycles. The molecule has 0 spiro atoms. The molecule has 0 saturated heterocycles. The second-order valence-electron chi connectivity index (χ2n) is 4.27. The van der Waals surface area contributed by atoms with E-state index in [1.165, 1.54) is 5.56 Å². The lowest BCUT2D eigenvalue weighted by Gasteiger charge is -2.25. The largest absolute Gasteiger partial charge is 0.373 e. The molecule has 17 heavy (non-hydrogen) atoms.